The number of aromatic nitrogens is 1. The summed E-state index contributed by atoms with van der Waals surface area (Å²) in [5.74, 6) is 2.95. The second-order valence-electron chi connectivity index (χ2n) is 8.55. The highest BCUT2D eigenvalue weighted by Crippen LogP contribution is 2.36. The van der Waals surface area contributed by atoms with E-state index in [-0.39, 0.29) is 5.75 Å². The van der Waals surface area contributed by atoms with Gasteiger partial charge in [0, 0.05) is 24.0 Å². The summed E-state index contributed by atoms with van der Waals surface area (Å²) in [7, 11) is 0. The van der Waals surface area contributed by atoms with Gasteiger partial charge in [-0.25, -0.2) is 4.98 Å². The third kappa shape index (κ3) is 6.33. The minimum Gasteiger partial charge on any atom is -0.499 e. The molecule has 1 heterocycles. The summed E-state index contributed by atoms with van der Waals surface area (Å²) in [5.41, 5.74) is 5.28. The number of oxazole rings is 1. The predicted molar refractivity (Wildman–Crippen MR) is 135 cm³/mol. The van der Waals surface area contributed by atoms with Gasteiger partial charge in [-0.15, -0.1) is 0 Å². The quantitative estimate of drug-likeness (QED) is 0.243. The van der Waals surface area contributed by atoms with Gasteiger partial charge in [0.2, 0.25) is 5.89 Å². The maximum atomic E-state index is 12.4. The van der Waals surface area contributed by atoms with E-state index >= 15 is 0 Å². The van der Waals surface area contributed by atoms with Gasteiger partial charge >= 0.3 is 6.61 Å². The summed E-state index contributed by atoms with van der Waals surface area (Å²) >= 11 is 0. The Morgan fingerprint density at radius 2 is 1.94 bits per heavy atom. The number of alkyl halides is 2. The first-order valence-corrected chi connectivity index (χ1v) is 12.2. The van der Waals surface area contributed by atoms with Crippen molar-refractivity contribution in [1.82, 2.24) is 4.98 Å². The van der Waals surface area contributed by atoms with Crippen molar-refractivity contribution in [2.45, 2.75) is 52.6 Å². The molecule has 0 unspecified atom stereocenters. The second kappa shape index (κ2) is 11.9. The summed E-state index contributed by atoms with van der Waals surface area (Å²) in [4.78, 5) is 4.59. The molecule has 0 radical (unpaired) electrons. The number of ether oxygens (including phenoxy) is 3. The average Bonchev–Trinajstić information content (AvgIpc) is 3.23. The van der Waals surface area contributed by atoms with Crippen LogP contribution in [0, 0.1) is 6.92 Å². The van der Waals surface area contributed by atoms with Gasteiger partial charge in [0.15, 0.2) is 0 Å². The normalized spacial score (nSPS) is 12.8. The number of hydrogen-bond acceptors (Lipinski definition) is 5. The van der Waals surface area contributed by atoms with E-state index in [0.717, 1.165) is 42.9 Å². The summed E-state index contributed by atoms with van der Waals surface area (Å²) in [5, 5.41) is 0. The number of fused-ring (bicyclic) bond motifs is 1. The molecule has 190 valence electrons. The number of nitrogens with zero attached hydrogens (tertiary/aromatic N) is 1. The fourth-order valence-corrected chi connectivity index (χ4v) is 4.37. The lowest BCUT2D eigenvalue weighted by atomic mass is 9.88. The topological polar surface area (TPSA) is 53.7 Å². The van der Waals surface area contributed by atoms with E-state index in [4.69, 9.17) is 13.9 Å². The van der Waals surface area contributed by atoms with Gasteiger partial charge in [-0.1, -0.05) is 24.8 Å². The van der Waals surface area contributed by atoms with Crippen molar-refractivity contribution in [3.63, 3.8) is 0 Å². The molecule has 0 saturated carbocycles. The number of aryl methyl sites for hydroxylation is 1. The lowest BCUT2D eigenvalue weighted by molar-refractivity contribution is -0.0498. The Morgan fingerprint density at radius 1 is 1.14 bits per heavy atom. The minimum absolute atomic E-state index is 0.0917. The molecule has 1 aliphatic carbocycles. The Kier molecular flexibility index (Phi) is 8.41. The number of halogens is 2. The van der Waals surface area contributed by atoms with Crippen LogP contribution in [0.4, 0.5) is 8.78 Å². The van der Waals surface area contributed by atoms with E-state index < -0.39 is 6.61 Å². The molecule has 0 amide bonds. The molecule has 4 rings (SSSR count). The van der Waals surface area contributed by atoms with Crippen molar-refractivity contribution in [1.29, 1.82) is 0 Å². The summed E-state index contributed by atoms with van der Waals surface area (Å²) < 4.78 is 46.7. The van der Waals surface area contributed by atoms with Crippen LogP contribution in [0.2, 0.25) is 0 Å². The van der Waals surface area contributed by atoms with E-state index in [1.165, 1.54) is 28.8 Å². The number of allylic oxidation sites excluding steroid dienone is 3. The summed E-state index contributed by atoms with van der Waals surface area (Å²) in [6.45, 7) is 6.07. The molecule has 3 aromatic rings. The third-order valence-electron chi connectivity index (χ3n) is 6.10. The summed E-state index contributed by atoms with van der Waals surface area (Å²) in [6, 6.07) is 12.4. The van der Waals surface area contributed by atoms with Crippen LogP contribution in [0.15, 0.2) is 65.3 Å². The summed E-state index contributed by atoms with van der Waals surface area (Å²) in [6.07, 6.45) is 6.52. The third-order valence-corrected chi connectivity index (χ3v) is 6.10. The molecule has 0 spiro atoms. The number of hydrogen-bond donors (Lipinski definition) is 0. The Hall–Kier alpha value is -3.61. The first-order valence-electron chi connectivity index (χ1n) is 12.2. The van der Waals surface area contributed by atoms with Crippen molar-refractivity contribution in [2.75, 3.05) is 13.2 Å². The predicted octanol–water partition coefficient (Wildman–Crippen LogP) is 7.53. The van der Waals surface area contributed by atoms with Crippen LogP contribution in [0.1, 0.15) is 48.8 Å². The molecule has 2 aromatic carbocycles. The zero-order chi connectivity index (χ0) is 25.5. The molecule has 0 saturated heterocycles. The van der Waals surface area contributed by atoms with E-state index in [1.807, 2.05) is 26.0 Å². The molecule has 0 N–H and O–H groups in total. The van der Waals surface area contributed by atoms with Crippen LogP contribution in [-0.4, -0.2) is 24.8 Å². The smallest absolute Gasteiger partial charge is 0.387 e. The van der Waals surface area contributed by atoms with Gasteiger partial charge in [0.05, 0.1) is 24.7 Å². The second-order valence-corrected chi connectivity index (χ2v) is 8.55. The Morgan fingerprint density at radius 3 is 2.69 bits per heavy atom. The van der Waals surface area contributed by atoms with Crippen molar-refractivity contribution in [2.24, 2.45) is 0 Å². The fourth-order valence-electron chi connectivity index (χ4n) is 4.37. The molecule has 1 aliphatic rings. The maximum Gasteiger partial charge on any atom is 0.387 e. The van der Waals surface area contributed by atoms with Crippen LogP contribution in [0.5, 0.6) is 11.5 Å². The standard InChI is InChI=1S/C29H31F2NO4/c1-4-33-19(2)11-12-21-7-5-9-25-24(21)8-6-10-27(25)34-18-17-26-20(3)35-28(32-26)22-13-15-23(16-14-22)36-29(30)31/h6-8,10,13-16,29H,2,4-5,9,11-12,17-18H2,1,3H3. The fraction of sp³-hybridized carbons (Fsp3) is 0.345. The SMILES string of the molecule is C=C(CCC1=CCCc2c(OCCc3nc(-c4ccc(OC(F)F)cc4)oc3C)cccc21)OCC. The van der Waals surface area contributed by atoms with Crippen molar-refractivity contribution >= 4 is 5.57 Å². The molecule has 36 heavy (non-hydrogen) atoms. The minimum atomic E-state index is -2.86. The van der Waals surface area contributed by atoms with Gasteiger partial charge in [-0.05, 0) is 74.6 Å². The van der Waals surface area contributed by atoms with Gasteiger partial charge in [-0.3, -0.25) is 0 Å². The van der Waals surface area contributed by atoms with Crippen LogP contribution >= 0.6 is 0 Å². The van der Waals surface area contributed by atoms with E-state index in [1.54, 1.807) is 12.1 Å². The van der Waals surface area contributed by atoms with Crippen LogP contribution < -0.4 is 9.47 Å². The van der Waals surface area contributed by atoms with Crippen LogP contribution in [-0.2, 0) is 17.6 Å². The van der Waals surface area contributed by atoms with Gasteiger partial charge in [0.1, 0.15) is 17.3 Å². The Labute approximate surface area is 210 Å². The molecule has 0 atom stereocenters. The molecule has 0 bridgehead atoms. The van der Waals surface area contributed by atoms with Crippen molar-refractivity contribution in [3.05, 3.63) is 83.5 Å². The largest absolute Gasteiger partial charge is 0.499 e. The molecule has 7 heteroatoms. The maximum absolute atomic E-state index is 12.4. The van der Waals surface area contributed by atoms with Gasteiger partial charge in [-0.2, -0.15) is 8.78 Å². The van der Waals surface area contributed by atoms with Crippen molar-refractivity contribution < 1.29 is 27.4 Å². The lowest BCUT2D eigenvalue weighted by Gasteiger charge is -2.21. The Bertz CT molecular complexity index is 1210. The molecular formula is C29H31F2NO4. The molecule has 1 aromatic heterocycles. The van der Waals surface area contributed by atoms with Gasteiger partial charge < -0.3 is 18.6 Å². The highest BCUT2D eigenvalue weighted by Gasteiger charge is 2.18. The molecular weight excluding hydrogens is 464 g/mol. The zero-order valence-corrected chi connectivity index (χ0v) is 20.7. The monoisotopic (exact) mass is 495 g/mol. The highest BCUT2D eigenvalue weighted by molar-refractivity contribution is 5.72. The van der Waals surface area contributed by atoms with Crippen LogP contribution in [0.25, 0.3) is 17.0 Å². The number of benzene rings is 2. The molecule has 0 aliphatic heterocycles. The average molecular weight is 496 g/mol. The van der Waals surface area contributed by atoms with Gasteiger partial charge in [0.25, 0.3) is 0 Å². The van der Waals surface area contributed by atoms with Crippen LogP contribution in [0.3, 0.4) is 0 Å². The van der Waals surface area contributed by atoms with E-state index in [2.05, 4.69) is 28.4 Å². The highest BCUT2D eigenvalue weighted by atomic mass is 19.3. The van der Waals surface area contributed by atoms with E-state index in [0.29, 0.717) is 36.8 Å². The molecule has 0 fully saturated rings. The lowest BCUT2D eigenvalue weighted by Crippen LogP contribution is -2.08. The molecule has 5 nitrogen and oxygen atoms in total. The zero-order valence-electron chi connectivity index (χ0n) is 20.7. The van der Waals surface area contributed by atoms with E-state index in [9.17, 15) is 8.78 Å². The van der Waals surface area contributed by atoms with Crippen molar-refractivity contribution in [3.8, 4) is 23.0 Å². The Balaban J connectivity index is 1.38. The first kappa shape index (κ1) is 25.5. The first-order chi connectivity index (χ1) is 17.4. The number of rotatable bonds is 12.